The molecule has 0 aliphatic rings. The lowest BCUT2D eigenvalue weighted by Gasteiger charge is -2.28. The molecule has 0 radical (unpaired) electrons. The van der Waals surface area contributed by atoms with Gasteiger partial charge in [0.05, 0.1) is 12.0 Å². The lowest BCUT2D eigenvalue weighted by atomic mass is 10.0. The Morgan fingerprint density at radius 1 is 1.24 bits per heavy atom. The summed E-state index contributed by atoms with van der Waals surface area (Å²) in [7, 11) is 0. The van der Waals surface area contributed by atoms with Crippen molar-refractivity contribution in [3.8, 4) is 0 Å². The Morgan fingerprint density at radius 2 is 1.81 bits per heavy atom. The van der Waals surface area contributed by atoms with E-state index in [1.165, 1.54) is 32.0 Å². The number of carbonyl (C=O) groups excluding carboxylic acids is 1. The van der Waals surface area contributed by atoms with Crippen molar-refractivity contribution in [2.75, 3.05) is 6.54 Å². The van der Waals surface area contributed by atoms with E-state index in [1.807, 2.05) is 0 Å². The van der Waals surface area contributed by atoms with Crippen LogP contribution in [0.5, 0.6) is 0 Å². The Bertz CT molecular complexity index is 526. The number of carbonyl (C=O) groups is 2. The lowest BCUT2D eigenvalue weighted by molar-refractivity contribution is -0.164. The molecule has 0 atom stereocenters. The van der Waals surface area contributed by atoms with E-state index in [4.69, 9.17) is 5.11 Å². The first-order valence-electron chi connectivity index (χ1n) is 6.29. The highest BCUT2D eigenvalue weighted by molar-refractivity contribution is 5.91. The van der Waals surface area contributed by atoms with Crippen molar-refractivity contribution in [1.82, 2.24) is 4.90 Å². The zero-order valence-corrected chi connectivity index (χ0v) is 11.6. The van der Waals surface area contributed by atoms with Crippen molar-refractivity contribution >= 4 is 11.9 Å². The molecule has 0 fully saturated rings. The first-order valence-corrected chi connectivity index (χ1v) is 6.29. The van der Waals surface area contributed by atoms with Crippen LogP contribution in [0, 0.1) is 0 Å². The monoisotopic (exact) mass is 303 g/mol. The molecule has 0 saturated carbocycles. The van der Waals surface area contributed by atoms with Crippen molar-refractivity contribution < 1.29 is 27.9 Å². The van der Waals surface area contributed by atoms with Crippen molar-refractivity contribution in [1.29, 1.82) is 0 Å². The Morgan fingerprint density at radius 3 is 2.29 bits per heavy atom. The summed E-state index contributed by atoms with van der Waals surface area (Å²) in [6.07, 6.45) is -4.87. The summed E-state index contributed by atoms with van der Waals surface area (Å²) in [5.74, 6) is -1.97. The quantitative estimate of drug-likeness (QED) is 0.910. The fraction of sp³-hybridized carbons (Fsp3) is 0.429. The largest absolute Gasteiger partial charge is 0.478 e. The number of alkyl halides is 3. The first-order chi connectivity index (χ1) is 9.61. The summed E-state index contributed by atoms with van der Waals surface area (Å²) in [5, 5.41) is 9.01. The highest BCUT2D eigenvalue weighted by Crippen LogP contribution is 2.19. The van der Waals surface area contributed by atoms with E-state index in [-0.39, 0.29) is 17.5 Å². The van der Waals surface area contributed by atoms with Gasteiger partial charge in [-0.15, -0.1) is 0 Å². The van der Waals surface area contributed by atoms with Gasteiger partial charge in [-0.3, -0.25) is 4.79 Å². The third-order valence-electron chi connectivity index (χ3n) is 2.88. The van der Waals surface area contributed by atoms with Gasteiger partial charge in [0.15, 0.2) is 0 Å². The number of hydrogen-bond donors (Lipinski definition) is 1. The molecule has 116 valence electrons. The highest BCUT2D eigenvalue weighted by Gasteiger charge is 2.34. The molecule has 0 heterocycles. The molecular formula is C14H16F3NO3. The molecule has 0 saturated heterocycles. The van der Waals surface area contributed by atoms with Gasteiger partial charge in [0.1, 0.15) is 6.54 Å². The average molecular weight is 303 g/mol. The molecule has 1 rings (SSSR count). The van der Waals surface area contributed by atoms with Crippen molar-refractivity contribution in [3.05, 3.63) is 35.4 Å². The van der Waals surface area contributed by atoms with Crippen LogP contribution in [0.4, 0.5) is 13.2 Å². The number of benzene rings is 1. The standard InChI is InChI=1S/C14H16F3NO3/c1-9(2)18(8-14(15,16)17)12(19)7-10-5-3-4-6-11(10)13(20)21/h3-6,9H,7-8H2,1-2H3,(H,20,21). The van der Waals surface area contributed by atoms with Crippen LogP contribution in [-0.2, 0) is 11.2 Å². The number of rotatable bonds is 5. The Hall–Kier alpha value is -2.05. The number of amides is 1. The molecule has 0 bridgehead atoms. The molecule has 4 nitrogen and oxygen atoms in total. The van der Waals surface area contributed by atoms with Gasteiger partial charge >= 0.3 is 12.1 Å². The fourth-order valence-corrected chi connectivity index (χ4v) is 1.90. The first kappa shape index (κ1) is 17.0. The number of aromatic carboxylic acids is 1. The van der Waals surface area contributed by atoms with E-state index in [0.717, 1.165) is 0 Å². The summed E-state index contributed by atoms with van der Waals surface area (Å²) in [6.45, 7) is 1.61. The maximum atomic E-state index is 12.5. The minimum absolute atomic E-state index is 0.0819. The van der Waals surface area contributed by atoms with Gasteiger partial charge in [0.25, 0.3) is 0 Å². The molecular weight excluding hydrogens is 287 g/mol. The molecule has 21 heavy (non-hydrogen) atoms. The van der Waals surface area contributed by atoms with Gasteiger partial charge in [-0.05, 0) is 25.5 Å². The summed E-state index contributed by atoms with van der Waals surface area (Å²) >= 11 is 0. The Kier molecular flexibility index (Phi) is 5.34. The SMILES string of the molecule is CC(C)N(CC(F)(F)F)C(=O)Cc1ccccc1C(=O)O. The molecule has 1 aromatic carbocycles. The summed E-state index contributed by atoms with van der Waals surface area (Å²) in [4.78, 5) is 23.8. The number of carboxylic acid groups (broad SMARTS) is 1. The van der Waals surface area contributed by atoms with E-state index in [0.29, 0.717) is 4.90 Å². The maximum Gasteiger partial charge on any atom is 0.406 e. The van der Waals surface area contributed by atoms with Gasteiger partial charge in [0, 0.05) is 6.04 Å². The van der Waals surface area contributed by atoms with Crippen molar-refractivity contribution in [2.24, 2.45) is 0 Å². The molecule has 0 aliphatic heterocycles. The van der Waals surface area contributed by atoms with Crippen molar-refractivity contribution in [3.63, 3.8) is 0 Å². The van der Waals surface area contributed by atoms with E-state index < -0.39 is 30.6 Å². The van der Waals surface area contributed by atoms with Gasteiger partial charge in [-0.2, -0.15) is 13.2 Å². The molecule has 0 unspecified atom stereocenters. The molecule has 1 N–H and O–H groups in total. The predicted octanol–water partition coefficient (Wildman–Crippen LogP) is 2.73. The third-order valence-corrected chi connectivity index (χ3v) is 2.88. The van der Waals surface area contributed by atoms with E-state index in [9.17, 15) is 22.8 Å². The lowest BCUT2D eigenvalue weighted by Crippen LogP contribution is -2.44. The van der Waals surface area contributed by atoms with Crippen LogP contribution < -0.4 is 0 Å². The number of carboxylic acids is 1. The smallest absolute Gasteiger partial charge is 0.406 e. The highest BCUT2D eigenvalue weighted by atomic mass is 19.4. The average Bonchev–Trinajstić information content (AvgIpc) is 2.34. The maximum absolute atomic E-state index is 12.5. The van der Waals surface area contributed by atoms with Gasteiger partial charge < -0.3 is 10.0 Å². The molecule has 1 amide bonds. The van der Waals surface area contributed by atoms with Crippen LogP contribution in [0.1, 0.15) is 29.8 Å². The third kappa shape index (κ3) is 5.09. The Labute approximate surface area is 120 Å². The number of hydrogen-bond acceptors (Lipinski definition) is 2. The van der Waals surface area contributed by atoms with Crippen LogP contribution in [0.25, 0.3) is 0 Å². The molecule has 0 spiro atoms. The van der Waals surface area contributed by atoms with Gasteiger partial charge in [0.2, 0.25) is 5.91 Å². The van der Waals surface area contributed by atoms with E-state index in [1.54, 1.807) is 6.07 Å². The van der Waals surface area contributed by atoms with Crippen LogP contribution in [0.15, 0.2) is 24.3 Å². The second-order valence-electron chi connectivity index (χ2n) is 4.87. The molecule has 1 aromatic rings. The zero-order chi connectivity index (χ0) is 16.2. The second kappa shape index (κ2) is 6.60. The van der Waals surface area contributed by atoms with E-state index in [2.05, 4.69) is 0 Å². The summed E-state index contributed by atoms with van der Waals surface area (Å²) in [6, 6.07) is 5.14. The Balaban J connectivity index is 2.95. The van der Waals surface area contributed by atoms with Gasteiger partial charge in [-0.25, -0.2) is 4.79 Å². The summed E-state index contributed by atoms with van der Waals surface area (Å²) in [5.41, 5.74) is 0.115. The molecule has 0 aliphatic carbocycles. The minimum atomic E-state index is -4.49. The minimum Gasteiger partial charge on any atom is -0.478 e. The van der Waals surface area contributed by atoms with Crippen LogP contribution in [0.2, 0.25) is 0 Å². The van der Waals surface area contributed by atoms with Gasteiger partial charge in [-0.1, -0.05) is 18.2 Å². The molecule has 7 heteroatoms. The number of nitrogens with zero attached hydrogens (tertiary/aromatic N) is 1. The fourth-order valence-electron chi connectivity index (χ4n) is 1.90. The van der Waals surface area contributed by atoms with Crippen LogP contribution >= 0.6 is 0 Å². The number of halogens is 3. The van der Waals surface area contributed by atoms with Crippen LogP contribution in [0.3, 0.4) is 0 Å². The topological polar surface area (TPSA) is 57.6 Å². The molecule has 0 aromatic heterocycles. The summed E-state index contributed by atoms with van der Waals surface area (Å²) < 4.78 is 37.5. The van der Waals surface area contributed by atoms with Crippen molar-refractivity contribution in [2.45, 2.75) is 32.5 Å². The second-order valence-corrected chi connectivity index (χ2v) is 4.87. The predicted molar refractivity (Wildman–Crippen MR) is 70.0 cm³/mol. The van der Waals surface area contributed by atoms with Crippen LogP contribution in [-0.4, -0.2) is 40.6 Å². The normalized spacial score (nSPS) is 11.5. The van der Waals surface area contributed by atoms with E-state index >= 15 is 0 Å². The zero-order valence-electron chi connectivity index (χ0n) is 11.6.